The zero-order valence-corrected chi connectivity index (χ0v) is 14.3. The Bertz CT molecular complexity index is 779. The van der Waals surface area contributed by atoms with Crippen LogP contribution in [0.15, 0.2) is 29.3 Å². The molecule has 0 radical (unpaired) electrons. The third kappa shape index (κ3) is 2.84. The molecule has 3 aliphatic rings. The molecule has 1 aromatic rings. The van der Waals surface area contributed by atoms with Crippen LogP contribution in [-0.4, -0.2) is 35.0 Å². The summed E-state index contributed by atoms with van der Waals surface area (Å²) < 4.78 is 0. The topological polar surface area (TPSA) is 78.8 Å². The maximum absolute atomic E-state index is 12.8. The molecule has 1 aliphatic heterocycles. The first kappa shape index (κ1) is 16.3. The van der Waals surface area contributed by atoms with E-state index >= 15 is 0 Å². The Morgan fingerprint density at radius 3 is 2.64 bits per heavy atom. The van der Waals surface area contributed by atoms with E-state index in [4.69, 9.17) is 11.6 Å². The van der Waals surface area contributed by atoms with Gasteiger partial charge in [0.25, 0.3) is 0 Å². The van der Waals surface area contributed by atoms with E-state index in [9.17, 15) is 14.4 Å². The van der Waals surface area contributed by atoms with Crippen LogP contribution in [0.4, 0.5) is 10.5 Å². The zero-order chi connectivity index (χ0) is 17.6. The van der Waals surface area contributed by atoms with Gasteiger partial charge in [-0.1, -0.05) is 30.2 Å². The predicted molar refractivity (Wildman–Crippen MR) is 92.7 cm³/mol. The highest BCUT2D eigenvalue weighted by Gasteiger charge is 2.50. The van der Waals surface area contributed by atoms with E-state index in [0.717, 1.165) is 19.3 Å². The van der Waals surface area contributed by atoms with E-state index in [1.54, 1.807) is 24.3 Å². The summed E-state index contributed by atoms with van der Waals surface area (Å²) in [6.45, 7) is 0. The second kappa shape index (κ2) is 6.26. The monoisotopic (exact) mass is 359 g/mol. The highest BCUT2D eigenvalue weighted by Crippen LogP contribution is 2.47. The van der Waals surface area contributed by atoms with Gasteiger partial charge in [-0.25, -0.2) is 4.79 Å². The highest BCUT2D eigenvalue weighted by molar-refractivity contribution is 6.33. The van der Waals surface area contributed by atoms with E-state index in [1.807, 2.05) is 0 Å². The smallest absolute Gasteiger partial charge is 0.277 e. The van der Waals surface area contributed by atoms with E-state index < -0.39 is 23.8 Å². The standard InChI is InChI=1S/C18H18ClN3O3/c19-13-3-1-2-4-14(13)20-9-12-16(23)21-18(25)22(17(12)24)15-8-10-5-6-11(15)7-10/h1-4,9-12,15H,5-8H2,(H,21,23,25)/t10-,11-,12+,15+/m0/s1. The number of amides is 4. The molecule has 0 aromatic heterocycles. The van der Waals surface area contributed by atoms with Crippen molar-refractivity contribution in [3.63, 3.8) is 0 Å². The van der Waals surface area contributed by atoms with Crippen LogP contribution in [0, 0.1) is 17.8 Å². The van der Waals surface area contributed by atoms with Crippen molar-refractivity contribution in [2.75, 3.05) is 0 Å². The molecule has 1 saturated heterocycles. The first-order valence-corrected chi connectivity index (χ1v) is 8.89. The fourth-order valence-electron chi connectivity index (χ4n) is 4.29. The lowest BCUT2D eigenvalue weighted by atomic mass is 9.92. The number of carbonyl (C=O) groups is 3. The molecule has 7 heteroatoms. The largest absolute Gasteiger partial charge is 0.331 e. The molecule has 0 unspecified atom stereocenters. The number of hydrogen-bond donors (Lipinski definition) is 1. The molecule has 1 heterocycles. The van der Waals surface area contributed by atoms with Crippen LogP contribution in [0.25, 0.3) is 0 Å². The maximum Gasteiger partial charge on any atom is 0.331 e. The van der Waals surface area contributed by atoms with Crippen molar-refractivity contribution in [3.05, 3.63) is 29.3 Å². The molecular formula is C18H18ClN3O3. The van der Waals surface area contributed by atoms with Gasteiger partial charge in [0.05, 0.1) is 10.7 Å². The number of urea groups is 1. The van der Waals surface area contributed by atoms with Gasteiger partial charge in [0.1, 0.15) is 0 Å². The molecule has 6 nitrogen and oxygen atoms in total. The molecule has 1 aromatic carbocycles. The Morgan fingerprint density at radius 2 is 1.96 bits per heavy atom. The average molecular weight is 360 g/mol. The van der Waals surface area contributed by atoms with Crippen LogP contribution in [0.2, 0.25) is 5.02 Å². The van der Waals surface area contributed by atoms with Crippen molar-refractivity contribution < 1.29 is 14.4 Å². The van der Waals surface area contributed by atoms with Crippen molar-refractivity contribution in [1.29, 1.82) is 0 Å². The summed E-state index contributed by atoms with van der Waals surface area (Å²) in [5.41, 5.74) is 0.480. The number of rotatable bonds is 3. The number of nitrogens with one attached hydrogen (secondary N) is 1. The predicted octanol–water partition coefficient (Wildman–Crippen LogP) is 2.93. The minimum atomic E-state index is -1.10. The second-order valence-corrected chi connectivity index (χ2v) is 7.36. The number of barbiturate groups is 1. The number of carbonyl (C=O) groups excluding carboxylic acids is 3. The van der Waals surface area contributed by atoms with Crippen LogP contribution >= 0.6 is 11.6 Å². The van der Waals surface area contributed by atoms with Gasteiger partial charge in [-0.3, -0.25) is 24.8 Å². The Hall–Kier alpha value is -2.21. The number of hydrogen-bond acceptors (Lipinski definition) is 4. The van der Waals surface area contributed by atoms with Crippen LogP contribution in [0.1, 0.15) is 25.7 Å². The Labute approximate surface area is 150 Å². The molecule has 130 valence electrons. The lowest BCUT2D eigenvalue weighted by Crippen LogP contribution is -2.62. The number of nitrogens with zero attached hydrogens (tertiary/aromatic N) is 2. The molecule has 4 rings (SSSR count). The van der Waals surface area contributed by atoms with Crippen LogP contribution in [0.3, 0.4) is 0 Å². The molecular weight excluding hydrogens is 342 g/mol. The summed E-state index contributed by atoms with van der Waals surface area (Å²) in [5.74, 6) is -1.28. The lowest BCUT2D eigenvalue weighted by molar-refractivity contribution is -0.141. The minimum absolute atomic E-state index is 0.101. The first-order valence-electron chi connectivity index (χ1n) is 8.51. The number of halogens is 1. The highest BCUT2D eigenvalue weighted by atomic mass is 35.5. The zero-order valence-electron chi connectivity index (χ0n) is 13.5. The van der Waals surface area contributed by atoms with Gasteiger partial charge in [-0.15, -0.1) is 0 Å². The summed E-state index contributed by atoms with van der Waals surface area (Å²) in [6, 6.07) is 6.22. The number of imide groups is 2. The molecule has 3 fully saturated rings. The minimum Gasteiger partial charge on any atom is -0.277 e. The van der Waals surface area contributed by atoms with Gasteiger partial charge in [0, 0.05) is 12.3 Å². The number of benzene rings is 1. The van der Waals surface area contributed by atoms with Crippen molar-refractivity contribution >= 4 is 41.3 Å². The van der Waals surface area contributed by atoms with Gasteiger partial charge >= 0.3 is 6.03 Å². The Morgan fingerprint density at radius 1 is 1.16 bits per heavy atom. The van der Waals surface area contributed by atoms with Crippen LogP contribution in [-0.2, 0) is 9.59 Å². The maximum atomic E-state index is 12.8. The summed E-state index contributed by atoms with van der Waals surface area (Å²) in [6.07, 6.45) is 5.39. The van der Waals surface area contributed by atoms with Crippen LogP contribution < -0.4 is 5.32 Å². The molecule has 25 heavy (non-hydrogen) atoms. The lowest BCUT2D eigenvalue weighted by Gasteiger charge is -2.36. The van der Waals surface area contributed by atoms with E-state index in [0.29, 0.717) is 22.5 Å². The van der Waals surface area contributed by atoms with E-state index in [2.05, 4.69) is 10.3 Å². The third-order valence-corrected chi connectivity index (χ3v) is 5.80. The molecule has 0 spiro atoms. The van der Waals surface area contributed by atoms with E-state index in [-0.39, 0.29) is 6.04 Å². The summed E-state index contributed by atoms with van der Waals surface area (Å²) in [4.78, 5) is 42.7. The van der Waals surface area contributed by atoms with Crippen molar-refractivity contribution in [2.24, 2.45) is 22.7 Å². The van der Waals surface area contributed by atoms with Gasteiger partial charge in [0.15, 0.2) is 5.92 Å². The second-order valence-electron chi connectivity index (χ2n) is 6.95. The number of para-hydroxylation sites is 1. The van der Waals surface area contributed by atoms with Crippen molar-refractivity contribution in [2.45, 2.75) is 31.7 Å². The Balaban J connectivity index is 1.57. The van der Waals surface area contributed by atoms with Gasteiger partial charge < -0.3 is 0 Å². The quantitative estimate of drug-likeness (QED) is 0.665. The molecule has 2 aliphatic carbocycles. The summed E-state index contributed by atoms with van der Waals surface area (Å²) in [7, 11) is 0. The fourth-order valence-corrected chi connectivity index (χ4v) is 4.47. The molecule has 4 amide bonds. The normalized spacial score (nSPS) is 31.9. The molecule has 1 N–H and O–H groups in total. The molecule has 2 bridgehead atoms. The summed E-state index contributed by atoms with van der Waals surface area (Å²) >= 11 is 6.05. The fraction of sp³-hybridized carbons (Fsp3) is 0.444. The number of fused-ring (bicyclic) bond motifs is 2. The SMILES string of the molecule is O=C1NC(=O)N([C@@H]2C[C@H]3CC[C@H]2C3)C(=O)[C@@H]1C=Nc1ccccc1Cl. The van der Waals surface area contributed by atoms with Crippen molar-refractivity contribution in [1.82, 2.24) is 10.2 Å². The summed E-state index contributed by atoms with van der Waals surface area (Å²) in [5, 5.41) is 2.73. The third-order valence-electron chi connectivity index (χ3n) is 5.48. The average Bonchev–Trinajstić information content (AvgIpc) is 3.19. The van der Waals surface area contributed by atoms with Crippen LogP contribution in [0.5, 0.6) is 0 Å². The first-order chi connectivity index (χ1) is 12.0. The van der Waals surface area contributed by atoms with Gasteiger partial charge in [0.2, 0.25) is 11.8 Å². The number of aliphatic imine (C=N–C) groups is 1. The van der Waals surface area contributed by atoms with Gasteiger partial charge in [-0.2, -0.15) is 0 Å². The molecule has 4 atom stereocenters. The van der Waals surface area contributed by atoms with Crippen molar-refractivity contribution in [3.8, 4) is 0 Å². The Kier molecular flexibility index (Phi) is 4.07. The van der Waals surface area contributed by atoms with Gasteiger partial charge in [-0.05, 0) is 43.2 Å². The molecule has 2 saturated carbocycles. The van der Waals surface area contributed by atoms with E-state index in [1.165, 1.54) is 17.5 Å².